The van der Waals surface area contributed by atoms with Gasteiger partial charge in [-0.3, -0.25) is 4.79 Å². The van der Waals surface area contributed by atoms with Crippen LogP contribution >= 0.6 is 11.6 Å². The van der Waals surface area contributed by atoms with Crippen molar-refractivity contribution in [1.82, 2.24) is 4.90 Å². The monoisotopic (exact) mass is 525 g/mol. The van der Waals surface area contributed by atoms with Crippen LogP contribution in [-0.4, -0.2) is 30.5 Å². The molecule has 0 radical (unpaired) electrons. The van der Waals surface area contributed by atoms with E-state index in [1.54, 1.807) is 16.5 Å². The first-order chi connectivity index (χ1) is 17.8. The quantitative estimate of drug-likeness (QED) is 0.337. The predicted molar refractivity (Wildman–Crippen MR) is 156 cm³/mol. The molecule has 0 bridgehead atoms. The minimum absolute atomic E-state index is 0.106. The Hall–Kier alpha value is -2.00. The zero-order valence-electron chi connectivity index (χ0n) is 23.7. The molecule has 1 heterocycles. The fourth-order valence-corrected chi connectivity index (χ4v) is 5.66. The Labute approximate surface area is 230 Å². The molecule has 1 aliphatic heterocycles. The molecule has 1 amide bonds. The van der Waals surface area contributed by atoms with Crippen LogP contribution in [0.4, 0.5) is 0 Å². The number of benzene rings is 2. The van der Waals surface area contributed by atoms with Gasteiger partial charge in [0.1, 0.15) is 11.9 Å². The van der Waals surface area contributed by atoms with Gasteiger partial charge in [0.2, 0.25) is 6.41 Å². The lowest BCUT2D eigenvalue weighted by atomic mass is 9.79. The van der Waals surface area contributed by atoms with Crippen LogP contribution in [0.15, 0.2) is 48.5 Å². The number of nitrogens with zero attached hydrogens (tertiary/aromatic N) is 1. The van der Waals surface area contributed by atoms with E-state index in [1.165, 1.54) is 44.9 Å². The van der Waals surface area contributed by atoms with Crippen molar-refractivity contribution >= 4 is 18.0 Å². The molecule has 2 aliphatic carbocycles. The Morgan fingerprint density at radius 3 is 2.24 bits per heavy atom. The van der Waals surface area contributed by atoms with Gasteiger partial charge in [0.15, 0.2) is 0 Å². The number of hydrogen-bond acceptors (Lipinski definition) is 2. The standard InChI is InChI=1S/C13H18.C11H12ClNO2.C9H18/c1-11-7-9-13(10-8-11)12-5-3-2-4-6-12;1-8-2-3-9(4-11(8)12)15-10-5-13(6-10)7-14;1-4-8-6-9(8)5-7(2)3/h2-6,11,13H,7-10H2,1H3;2-4,7,10H,5-6H2,1H3;7-9H,4-6H2,1-3H3. The van der Waals surface area contributed by atoms with Crippen LogP contribution in [0.1, 0.15) is 89.7 Å². The van der Waals surface area contributed by atoms with Gasteiger partial charge in [-0.1, -0.05) is 95.0 Å². The van der Waals surface area contributed by atoms with E-state index in [2.05, 4.69) is 58.0 Å². The van der Waals surface area contributed by atoms with E-state index in [0.717, 1.165) is 47.3 Å². The van der Waals surface area contributed by atoms with Gasteiger partial charge in [-0.05, 0) is 85.5 Å². The number of carbonyl (C=O) groups excluding carboxylic acids is 1. The first-order valence-corrected chi connectivity index (χ1v) is 14.8. The van der Waals surface area contributed by atoms with Gasteiger partial charge in [-0.25, -0.2) is 0 Å². The van der Waals surface area contributed by atoms with Crippen molar-refractivity contribution in [2.75, 3.05) is 13.1 Å². The number of ether oxygens (including phenoxy) is 1. The summed E-state index contributed by atoms with van der Waals surface area (Å²) in [5.74, 6) is 5.70. The van der Waals surface area contributed by atoms with Crippen molar-refractivity contribution in [2.45, 2.75) is 91.6 Å². The summed E-state index contributed by atoms with van der Waals surface area (Å²) in [7, 11) is 0. The molecule has 3 nitrogen and oxygen atoms in total. The lowest BCUT2D eigenvalue weighted by molar-refractivity contribution is -0.126. The van der Waals surface area contributed by atoms with Gasteiger partial charge in [0.25, 0.3) is 0 Å². The highest BCUT2D eigenvalue weighted by Crippen LogP contribution is 2.45. The summed E-state index contributed by atoms with van der Waals surface area (Å²) >= 11 is 5.97. The van der Waals surface area contributed by atoms with Crippen molar-refractivity contribution in [2.24, 2.45) is 23.7 Å². The number of aryl methyl sites for hydroxylation is 1. The maximum Gasteiger partial charge on any atom is 0.209 e. The van der Waals surface area contributed by atoms with Gasteiger partial charge in [-0.15, -0.1) is 0 Å². The first kappa shape index (κ1) is 29.6. The second-order valence-electron chi connectivity index (χ2n) is 11.9. The van der Waals surface area contributed by atoms with Crippen LogP contribution in [0, 0.1) is 30.6 Å². The van der Waals surface area contributed by atoms with Gasteiger partial charge in [0.05, 0.1) is 13.1 Å². The molecule has 1 saturated heterocycles. The molecular weight excluding hydrogens is 478 g/mol. The maximum absolute atomic E-state index is 10.3. The van der Waals surface area contributed by atoms with Gasteiger partial charge in [-0.2, -0.15) is 0 Å². The van der Waals surface area contributed by atoms with Crippen LogP contribution in [0.2, 0.25) is 5.02 Å². The maximum atomic E-state index is 10.3. The average Bonchev–Trinajstić information content (AvgIpc) is 3.62. The van der Waals surface area contributed by atoms with E-state index in [9.17, 15) is 4.79 Å². The zero-order chi connectivity index (χ0) is 26.8. The smallest absolute Gasteiger partial charge is 0.209 e. The van der Waals surface area contributed by atoms with Crippen LogP contribution in [0.3, 0.4) is 0 Å². The van der Waals surface area contributed by atoms with E-state index in [4.69, 9.17) is 16.3 Å². The lowest BCUT2D eigenvalue weighted by Crippen LogP contribution is -2.52. The minimum atomic E-state index is 0.106. The molecule has 3 aliphatic rings. The molecule has 0 N–H and O–H groups in total. The van der Waals surface area contributed by atoms with Crippen LogP contribution in [0.25, 0.3) is 0 Å². The molecule has 3 fully saturated rings. The number of hydrogen-bond donors (Lipinski definition) is 0. The molecule has 2 aromatic rings. The van der Waals surface area contributed by atoms with Gasteiger partial charge >= 0.3 is 0 Å². The number of likely N-dealkylation sites (tertiary alicyclic amines) is 1. The molecule has 204 valence electrons. The summed E-state index contributed by atoms with van der Waals surface area (Å²) in [5.41, 5.74) is 2.58. The second-order valence-corrected chi connectivity index (χ2v) is 12.3. The fraction of sp³-hybridized carbons (Fsp3) is 0.606. The normalized spacial score (nSPS) is 24.7. The van der Waals surface area contributed by atoms with Crippen molar-refractivity contribution in [3.05, 3.63) is 64.7 Å². The SMILES string of the molecule is CC1CCC(c2ccccc2)CC1.CCC1CC1CC(C)C.Cc1ccc(OC2CN(C=O)C2)cc1Cl. The zero-order valence-corrected chi connectivity index (χ0v) is 24.4. The number of carbonyl (C=O) groups is 1. The Bertz CT molecular complexity index is 933. The first-order valence-electron chi connectivity index (χ1n) is 14.5. The fourth-order valence-electron chi connectivity index (χ4n) is 5.49. The van der Waals surface area contributed by atoms with Gasteiger partial charge < -0.3 is 9.64 Å². The van der Waals surface area contributed by atoms with E-state index in [-0.39, 0.29) is 6.10 Å². The molecule has 0 spiro atoms. The van der Waals surface area contributed by atoms with Crippen molar-refractivity contribution in [1.29, 1.82) is 0 Å². The third kappa shape index (κ3) is 10.0. The molecule has 4 heteroatoms. The number of amides is 1. The third-order valence-corrected chi connectivity index (χ3v) is 8.53. The minimum Gasteiger partial charge on any atom is -0.487 e. The van der Waals surface area contributed by atoms with Crippen LogP contribution in [-0.2, 0) is 4.79 Å². The topological polar surface area (TPSA) is 29.5 Å². The van der Waals surface area contributed by atoms with Gasteiger partial charge in [0, 0.05) is 5.02 Å². The Morgan fingerprint density at radius 1 is 1.03 bits per heavy atom. The molecule has 2 unspecified atom stereocenters. The molecule has 2 atom stereocenters. The van der Waals surface area contributed by atoms with Crippen molar-refractivity contribution < 1.29 is 9.53 Å². The van der Waals surface area contributed by atoms with Crippen LogP contribution in [0.5, 0.6) is 5.75 Å². The van der Waals surface area contributed by atoms with E-state index < -0.39 is 0 Å². The van der Waals surface area contributed by atoms with E-state index in [1.807, 2.05) is 19.1 Å². The predicted octanol–water partition coefficient (Wildman–Crippen LogP) is 8.93. The lowest BCUT2D eigenvalue weighted by Gasteiger charge is -2.36. The highest BCUT2D eigenvalue weighted by molar-refractivity contribution is 6.31. The highest BCUT2D eigenvalue weighted by Gasteiger charge is 2.34. The largest absolute Gasteiger partial charge is 0.487 e. The molecular formula is C33H48ClNO2. The molecule has 5 rings (SSSR count). The van der Waals surface area contributed by atoms with E-state index >= 15 is 0 Å². The van der Waals surface area contributed by atoms with Crippen molar-refractivity contribution in [3.8, 4) is 5.75 Å². The summed E-state index contributed by atoms with van der Waals surface area (Å²) in [6, 6.07) is 16.6. The van der Waals surface area contributed by atoms with Crippen LogP contribution < -0.4 is 4.74 Å². The summed E-state index contributed by atoms with van der Waals surface area (Å²) in [6.45, 7) is 12.6. The number of rotatable bonds is 7. The third-order valence-electron chi connectivity index (χ3n) is 8.13. The van der Waals surface area contributed by atoms with E-state index in [0.29, 0.717) is 18.1 Å². The summed E-state index contributed by atoms with van der Waals surface area (Å²) < 4.78 is 5.63. The molecule has 2 saturated carbocycles. The Morgan fingerprint density at radius 2 is 1.70 bits per heavy atom. The molecule has 0 aromatic heterocycles. The highest BCUT2D eigenvalue weighted by atomic mass is 35.5. The average molecular weight is 526 g/mol. The summed E-state index contributed by atoms with van der Waals surface area (Å²) in [5, 5.41) is 0.707. The van der Waals surface area contributed by atoms with Crippen molar-refractivity contribution in [3.63, 3.8) is 0 Å². The Kier molecular flexibility index (Phi) is 11.8. The summed E-state index contributed by atoms with van der Waals surface area (Å²) in [4.78, 5) is 12.0. The molecule has 37 heavy (non-hydrogen) atoms. The second kappa shape index (κ2) is 14.8. The number of halogens is 1. The summed E-state index contributed by atoms with van der Waals surface area (Å²) in [6.07, 6.45) is 11.0. The Balaban J connectivity index is 0.000000159. The molecule has 2 aromatic carbocycles.